The number of aromatic amines is 1. The van der Waals surface area contributed by atoms with Crippen molar-refractivity contribution in [1.82, 2.24) is 10.2 Å². The number of para-hydroxylation sites is 1. The van der Waals surface area contributed by atoms with Crippen LogP contribution < -0.4 is 10.1 Å². The van der Waals surface area contributed by atoms with Gasteiger partial charge in [0.25, 0.3) is 0 Å². The van der Waals surface area contributed by atoms with Gasteiger partial charge in [0.1, 0.15) is 5.75 Å². The van der Waals surface area contributed by atoms with Gasteiger partial charge in [-0.15, -0.1) is 0 Å². The summed E-state index contributed by atoms with van der Waals surface area (Å²) < 4.78 is 5.46. The third-order valence-corrected chi connectivity index (χ3v) is 3.25. The van der Waals surface area contributed by atoms with Crippen molar-refractivity contribution < 1.29 is 9.53 Å². The Kier molecular flexibility index (Phi) is 4.63. The van der Waals surface area contributed by atoms with E-state index >= 15 is 0 Å². The lowest BCUT2D eigenvalue weighted by Crippen LogP contribution is -2.16. The van der Waals surface area contributed by atoms with E-state index in [1.165, 1.54) is 0 Å². The number of ether oxygens (including phenoxy) is 1. The van der Waals surface area contributed by atoms with Crippen LogP contribution in [0.1, 0.15) is 17.7 Å². The smallest absolute Gasteiger partial charge is 0.229 e. The highest BCUT2D eigenvalue weighted by molar-refractivity contribution is 6.32. The van der Waals surface area contributed by atoms with E-state index in [1.54, 1.807) is 12.1 Å². The molecule has 20 heavy (non-hydrogen) atoms. The van der Waals surface area contributed by atoms with E-state index in [2.05, 4.69) is 15.5 Å². The number of hydrogen-bond acceptors (Lipinski definition) is 3. The molecule has 0 unspecified atom stereocenters. The average molecular weight is 294 g/mol. The number of carbonyl (C=O) groups excluding carboxylic acids is 1. The molecule has 0 aliphatic rings. The Balaban J connectivity index is 1.81. The maximum Gasteiger partial charge on any atom is 0.229 e. The quantitative estimate of drug-likeness (QED) is 0.890. The van der Waals surface area contributed by atoms with Crippen LogP contribution in [0, 0.1) is 13.8 Å². The molecule has 2 N–H and O–H groups in total. The maximum atomic E-state index is 11.8. The van der Waals surface area contributed by atoms with Crippen molar-refractivity contribution in [3.63, 3.8) is 0 Å². The minimum Gasteiger partial charge on any atom is -0.491 e. The summed E-state index contributed by atoms with van der Waals surface area (Å²) in [4.78, 5) is 11.8. The van der Waals surface area contributed by atoms with Crippen LogP contribution in [0.15, 0.2) is 24.3 Å². The molecule has 1 heterocycles. The fraction of sp³-hybridized carbons (Fsp3) is 0.286. The number of nitrogens with one attached hydrogen (secondary N) is 2. The highest BCUT2D eigenvalue weighted by Crippen LogP contribution is 2.23. The number of carbonyl (C=O) groups is 1. The zero-order chi connectivity index (χ0) is 14.5. The van der Waals surface area contributed by atoms with Gasteiger partial charge in [-0.05, 0) is 26.0 Å². The summed E-state index contributed by atoms with van der Waals surface area (Å²) in [5.74, 6) is 0.991. The summed E-state index contributed by atoms with van der Waals surface area (Å²) in [5.41, 5.74) is 1.87. The molecule has 2 aromatic rings. The van der Waals surface area contributed by atoms with Crippen molar-refractivity contribution >= 4 is 23.3 Å². The maximum absolute atomic E-state index is 11.8. The van der Waals surface area contributed by atoms with Crippen molar-refractivity contribution in [2.75, 3.05) is 11.9 Å². The van der Waals surface area contributed by atoms with E-state index in [-0.39, 0.29) is 18.9 Å². The number of rotatable bonds is 5. The number of amides is 1. The van der Waals surface area contributed by atoms with E-state index in [9.17, 15) is 4.79 Å². The second kappa shape index (κ2) is 6.43. The van der Waals surface area contributed by atoms with E-state index < -0.39 is 0 Å². The van der Waals surface area contributed by atoms with Crippen molar-refractivity contribution in [3.8, 4) is 5.75 Å². The number of halogens is 1. The Labute approximate surface area is 122 Å². The highest BCUT2D eigenvalue weighted by Gasteiger charge is 2.09. The fourth-order valence-electron chi connectivity index (χ4n) is 1.62. The van der Waals surface area contributed by atoms with Gasteiger partial charge in [0, 0.05) is 11.3 Å². The van der Waals surface area contributed by atoms with Crippen molar-refractivity contribution in [2.24, 2.45) is 0 Å². The molecule has 2 rings (SSSR count). The van der Waals surface area contributed by atoms with Gasteiger partial charge in [0.2, 0.25) is 5.91 Å². The molecule has 0 aliphatic carbocycles. The number of benzene rings is 1. The number of aryl methyl sites for hydroxylation is 1. The first-order valence-electron chi connectivity index (χ1n) is 6.26. The molecule has 0 fully saturated rings. The molecule has 1 amide bonds. The molecule has 5 nitrogen and oxygen atoms in total. The number of hydrogen-bond donors (Lipinski definition) is 2. The zero-order valence-electron chi connectivity index (χ0n) is 11.4. The molecule has 0 saturated carbocycles. The molecule has 106 valence electrons. The fourth-order valence-corrected chi connectivity index (χ4v) is 1.81. The van der Waals surface area contributed by atoms with Gasteiger partial charge < -0.3 is 10.1 Å². The molecular formula is C14H16ClN3O2. The monoisotopic (exact) mass is 293 g/mol. The largest absolute Gasteiger partial charge is 0.491 e. The Morgan fingerprint density at radius 3 is 2.80 bits per heavy atom. The summed E-state index contributed by atoms with van der Waals surface area (Å²) >= 11 is 5.95. The number of aromatic nitrogens is 2. The average Bonchev–Trinajstić information content (AvgIpc) is 2.73. The first-order valence-corrected chi connectivity index (χ1v) is 6.64. The van der Waals surface area contributed by atoms with Gasteiger partial charge in [-0.1, -0.05) is 23.7 Å². The molecular weight excluding hydrogens is 278 g/mol. The Bertz CT molecular complexity index is 610. The van der Waals surface area contributed by atoms with Gasteiger partial charge in [-0.3, -0.25) is 9.89 Å². The van der Waals surface area contributed by atoms with Crippen LogP contribution in [-0.4, -0.2) is 22.7 Å². The molecule has 0 spiro atoms. The predicted molar refractivity (Wildman–Crippen MR) is 78.3 cm³/mol. The van der Waals surface area contributed by atoms with Gasteiger partial charge in [0.15, 0.2) is 5.82 Å². The van der Waals surface area contributed by atoms with Gasteiger partial charge in [-0.2, -0.15) is 5.10 Å². The van der Waals surface area contributed by atoms with E-state index in [0.29, 0.717) is 16.6 Å². The van der Waals surface area contributed by atoms with Crippen LogP contribution in [0.4, 0.5) is 5.82 Å². The lowest BCUT2D eigenvalue weighted by Gasteiger charge is -2.07. The highest BCUT2D eigenvalue weighted by atomic mass is 35.5. The van der Waals surface area contributed by atoms with Gasteiger partial charge in [0.05, 0.1) is 18.1 Å². The minimum absolute atomic E-state index is 0.147. The van der Waals surface area contributed by atoms with Crippen LogP contribution in [0.3, 0.4) is 0 Å². The molecule has 0 atom stereocenters. The molecule has 0 radical (unpaired) electrons. The van der Waals surface area contributed by atoms with Gasteiger partial charge >= 0.3 is 0 Å². The van der Waals surface area contributed by atoms with Crippen LogP contribution in [0.2, 0.25) is 5.02 Å². The van der Waals surface area contributed by atoms with E-state index in [4.69, 9.17) is 16.3 Å². The first-order chi connectivity index (χ1) is 9.58. The zero-order valence-corrected chi connectivity index (χ0v) is 12.1. The molecule has 1 aromatic heterocycles. The summed E-state index contributed by atoms with van der Waals surface area (Å²) in [6.45, 7) is 4.06. The van der Waals surface area contributed by atoms with Crippen LogP contribution >= 0.6 is 11.6 Å². The lowest BCUT2D eigenvalue weighted by atomic mass is 10.3. The van der Waals surface area contributed by atoms with E-state index in [0.717, 1.165) is 11.3 Å². The molecule has 6 heteroatoms. The first kappa shape index (κ1) is 14.4. The topological polar surface area (TPSA) is 67.0 Å². The van der Waals surface area contributed by atoms with Crippen molar-refractivity contribution in [3.05, 3.63) is 40.5 Å². The number of anilines is 1. The summed E-state index contributed by atoms with van der Waals surface area (Å²) in [5, 5.41) is 10.1. The second-order valence-electron chi connectivity index (χ2n) is 4.40. The van der Waals surface area contributed by atoms with E-state index in [1.807, 2.05) is 26.0 Å². The SMILES string of the molecule is Cc1[nH]nc(NC(=O)CCOc2ccccc2Cl)c1C. The minimum atomic E-state index is -0.147. The summed E-state index contributed by atoms with van der Waals surface area (Å²) in [6.07, 6.45) is 0.233. The van der Waals surface area contributed by atoms with Crippen LogP contribution in [0.5, 0.6) is 5.75 Å². The second-order valence-corrected chi connectivity index (χ2v) is 4.81. The van der Waals surface area contributed by atoms with Crippen LogP contribution in [-0.2, 0) is 4.79 Å². The summed E-state index contributed by atoms with van der Waals surface area (Å²) in [6, 6.07) is 7.16. The normalized spacial score (nSPS) is 10.3. The third kappa shape index (κ3) is 3.51. The van der Waals surface area contributed by atoms with Crippen LogP contribution in [0.25, 0.3) is 0 Å². The molecule has 0 aliphatic heterocycles. The van der Waals surface area contributed by atoms with Crippen molar-refractivity contribution in [2.45, 2.75) is 20.3 Å². The molecule has 0 saturated heterocycles. The lowest BCUT2D eigenvalue weighted by molar-refractivity contribution is -0.116. The van der Waals surface area contributed by atoms with Gasteiger partial charge in [-0.25, -0.2) is 0 Å². The standard InChI is InChI=1S/C14H16ClN3O2/c1-9-10(2)17-18-14(9)16-13(19)7-8-20-12-6-4-3-5-11(12)15/h3-6H,7-8H2,1-2H3,(H2,16,17,18,19). The Hall–Kier alpha value is -2.01. The summed E-state index contributed by atoms with van der Waals surface area (Å²) in [7, 11) is 0. The Morgan fingerprint density at radius 2 is 2.15 bits per heavy atom. The Morgan fingerprint density at radius 1 is 1.40 bits per heavy atom. The predicted octanol–water partition coefficient (Wildman–Crippen LogP) is 3.09. The van der Waals surface area contributed by atoms with Crippen molar-refractivity contribution in [1.29, 1.82) is 0 Å². The third-order valence-electron chi connectivity index (χ3n) is 2.93. The number of H-pyrrole nitrogens is 1. The number of nitrogens with zero attached hydrogens (tertiary/aromatic N) is 1. The molecule has 0 bridgehead atoms. The molecule has 1 aromatic carbocycles.